The number of carbonyl (C=O) groups is 2. The molecule has 0 aliphatic carbocycles. The summed E-state index contributed by atoms with van der Waals surface area (Å²) in [6.45, 7) is 0.579. The minimum Gasteiger partial charge on any atom is -0.495 e. The molecule has 1 atom stereocenters. The minimum atomic E-state index is -4.12. The molecule has 1 unspecified atom stereocenters. The van der Waals surface area contributed by atoms with Crippen LogP contribution in [0.25, 0.3) is 0 Å². The quantitative estimate of drug-likeness (QED) is 0.390. The van der Waals surface area contributed by atoms with Crippen LogP contribution in [0, 0.1) is 15.9 Å². The van der Waals surface area contributed by atoms with Gasteiger partial charge in [-0.2, -0.15) is 0 Å². The molecule has 0 aliphatic heterocycles. The Hall–Kier alpha value is -3.74. The lowest BCUT2D eigenvalue weighted by Gasteiger charge is -2.31. The molecule has 0 fully saturated rings. The number of anilines is 1. The lowest BCUT2D eigenvalue weighted by molar-refractivity contribution is -0.384. The molecule has 34 heavy (non-hydrogen) atoms. The molecule has 1 N–H and O–H groups in total. The van der Waals surface area contributed by atoms with E-state index in [4.69, 9.17) is 4.74 Å². The van der Waals surface area contributed by atoms with Gasteiger partial charge in [0.1, 0.15) is 29.8 Å². The second kappa shape index (κ2) is 10.9. The maximum Gasteiger partial charge on any atom is 0.271 e. The van der Waals surface area contributed by atoms with E-state index in [1.165, 1.54) is 51.4 Å². The van der Waals surface area contributed by atoms with E-state index < -0.39 is 50.9 Å². The van der Waals surface area contributed by atoms with Crippen LogP contribution in [0.2, 0.25) is 0 Å². The molecule has 0 heterocycles. The molecule has 0 saturated carbocycles. The van der Waals surface area contributed by atoms with Crippen molar-refractivity contribution >= 4 is 33.2 Å². The summed E-state index contributed by atoms with van der Waals surface area (Å²) in [7, 11) is -1.48. The number of carbonyl (C=O) groups excluding carboxylic acids is 2. The number of nitro benzene ring substituents is 1. The van der Waals surface area contributed by atoms with Gasteiger partial charge in [-0.05, 0) is 30.7 Å². The smallest absolute Gasteiger partial charge is 0.271 e. The number of likely N-dealkylation sites (N-methyl/N-ethyl adjacent to an activating group) is 1. The number of benzene rings is 2. The highest BCUT2D eigenvalue weighted by atomic mass is 32.2. The zero-order chi connectivity index (χ0) is 25.6. The first-order chi connectivity index (χ1) is 15.9. The van der Waals surface area contributed by atoms with Gasteiger partial charge in [0, 0.05) is 25.7 Å². The van der Waals surface area contributed by atoms with E-state index in [2.05, 4.69) is 5.32 Å². The van der Waals surface area contributed by atoms with E-state index in [0.29, 0.717) is 9.87 Å². The number of rotatable bonds is 10. The van der Waals surface area contributed by atoms with Gasteiger partial charge in [0.05, 0.1) is 18.3 Å². The van der Waals surface area contributed by atoms with E-state index >= 15 is 0 Å². The highest BCUT2D eigenvalue weighted by Gasteiger charge is 2.31. The molecule has 2 aromatic carbocycles. The van der Waals surface area contributed by atoms with E-state index in [9.17, 15) is 32.5 Å². The van der Waals surface area contributed by atoms with Crippen LogP contribution in [-0.4, -0.2) is 63.1 Å². The molecular formula is C21H25FN4O7S. The zero-order valence-corrected chi connectivity index (χ0v) is 19.8. The first kappa shape index (κ1) is 26.5. The molecular weight excluding hydrogens is 471 g/mol. The van der Waals surface area contributed by atoms with Crippen molar-refractivity contribution in [1.82, 2.24) is 10.2 Å². The molecule has 13 heteroatoms. The summed E-state index contributed by atoms with van der Waals surface area (Å²) in [5, 5.41) is 13.7. The van der Waals surface area contributed by atoms with E-state index in [1.54, 1.807) is 0 Å². The topological polar surface area (TPSA) is 139 Å². The molecule has 0 saturated heterocycles. The normalized spacial score (nSPS) is 11.9. The van der Waals surface area contributed by atoms with E-state index in [-0.39, 0.29) is 18.0 Å². The largest absolute Gasteiger partial charge is 0.495 e. The highest BCUT2D eigenvalue weighted by Crippen LogP contribution is 2.33. The highest BCUT2D eigenvalue weighted by molar-refractivity contribution is 7.92. The minimum absolute atomic E-state index is 0.00624. The number of hydrogen-bond acceptors (Lipinski definition) is 7. The Kier molecular flexibility index (Phi) is 8.51. The number of methoxy groups -OCH3 is 1. The molecule has 2 amide bonds. The molecule has 0 radical (unpaired) electrons. The molecule has 2 rings (SSSR count). The van der Waals surface area contributed by atoms with Crippen LogP contribution in [0.5, 0.6) is 5.75 Å². The Morgan fingerprint density at radius 2 is 1.82 bits per heavy atom. The van der Waals surface area contributed by atoms with Crippen molar-refractivity contribution in [2.45, 2.75) is 19.5 Å². The maximum absolute atomic E-state index is 13.3. The Balaban J connectivity index is 2.50. The Morgan fingerprint density at radius 3 is 2.32 bits per heavy atom. The SMILES string of the molecule is CNC(=O)C(C)N(Cc1ccc(F)cc1)C(=O)CN(c1cc([N+](=O)[O-])ccc1OC)S(C)(=O)=O. The fourth-order valence-electron chi connectivity index (χ4n) is 3.16. The second-order valence-corrected chi connectivity index (χ2v) is 9.23. The van der Waals surface area contributed by atoms with Gasteiger partial charge < -0.3 is 15.0 Å². The lowest BCUT2D eigenvalue weighted by Crippen LogP contribution is -2.50. The molecule has 184 valence electrons. The fraction of sp³-hybridized carbons (Fsp3) is 0.333. The Bertz CT molecular complexity index is 1170. The van der Waals surface area contributed by atoms with E-state index in [0.717, 1.165) is 23.3 Å². The summed E-state index contributed by atoms with van der Waals surface area (Å²) in [5.41, 5.74) is -0.106. The predicted molar refractivity (Wildman–Crippen MR) is 122 cm³/mol. The summed E-state index contributed by atoms with van der Waals surface area (Å²) >= 11 is 0. The third kappa shape index (κ3) is 6.41. The summed E-state index contributed by atoms with van der Waals surface area (Å²) in [6, 6.07) is 7.60. The van der Waals surface area contributed by atoms with Crippen molar-refractivity contribution in [2.75, 3.05) is 31.3 Å². The molecule has 2 aromatic rings. The van der Waals surface area contributed by atoms with Crippen LogP contribution in [0.4, 0.5) is 15.8 Å². The number of hydrogen-bond donors (Lipinski definition) is 1. The summed E-state index contributed by atoms with van der Waals surface area (Å²) in [6.07, 6.45) is 0.838. The van der Waals surface area contributed by atoms with Gasteiger partial charge in [-0.25, -0.2) is 12.8 Å². The molecule has 0 bridgehead atoms. The monoisotopic (exact) mass is 496 g/mol. The number of nitrogens with one attached hydrogen (secondary N) is 1. The molecule has 0 aliphatic rings. The molecule has 11 nitrogen and oxygen atoms in total. The van der Waals surface area contributed by atoms with Crippen LogP contribution in [0.3, 0.4) is 0 Å². The first-order valence-electron chi connectivity index (χ1n) is 9.94. The van der Waals surface area contributed by atoms with Crippen molar-refractivity contribution in [1.29, 1.82) is 0 Å². The van der Waals surface area contributed by atoms with Gasteiger partial charge in [-0.3, -0.25) is 24.0 Å². The number of non-ortho nitro benzene ring substituents is 1. The average molecular weight is 497 g/mol. The van der Waals surface area contributed by atoms with Crippen molar-refractivity contribution < 1.29 is 32.1 Å². The average Bonchev–Trinajstić information content (AvgIpc) is 2.79. The van der Waals surface area contributed by atoms with Crippen LogP contribution < -0.4 is 14.4 Å². The molecule has 0 spiro atoms. The number of ether oxygens (including phenoxy) is 1. The summed E-state index contributed by atoms with van der Waals surface area (Å²) in [5.74, 6) is -1.76. The van der Waals surface area contributed by atoms with Gasteiger partial charge in [0.25, 0.3) is 5.69 Å². The predicted octanol–water partition coefficient (Wildman–Crippen LogP) is 1.67. The van der Waals surface area contributed by atoms with Gasteiger partial charge in [0.2, 0.25) is 21.8 Å². The number of amides is 2. The van der Waals surface area contributed by atoms with Crippen molar-refractivity contribution in [2.24, 2.45) is 0 Å². The third-order valence-corrected chi connectivity index (χ3v) is 6.13. The van der Waals surface area contributed by atoms with E-state index in [1.807, 2.05) is 0 Å². The third-order valence-electron chi connectivity index (χ3n) is 5.00. The standard InChI is InChI=1S/C21H25FN4O7S/c1-14(21(28)23-2)24(12-15-5-7-16(22)8-6-15)20(27)13-25(34(4,31)32)18-11-17(26(29)30)9-10-19(18)33-3/h5-11,14H,12-13H2,1-4H3,(H,23,28). The van der Waals surface area contributed by atoms with Crippen molar-refractivity contribution in [3.05, 3.63) is 64.0 Å². The van der Waals surface area contributed by atoms with Crippen LogP contribution in [0.1, 0.15) is 12.5 Å². The van der Waals surface area contributed by atoms with Crippen LogP contribution >= 0.6 is 0 Å². The number of sulfonamides is 1. The fourth-order valence-corrected chi connectivity index (χ4v) is 4.00. The van der Waals surface area contributed by atoms with Crippen molar-refractivity contribution in [3.63, 3.8) is 0 Å². The van der Waals surface area contributed by atoms with Gasteiger partial charge in [0.15, 0.2) is 0 Å². The number of halogens is 1. The summed E-state index contributed by atoms with van der Waals surface area (Å²) < 4.78 is 44.3. The van der Waals surface area contributed by atoms with Gasteiger partial charge in [-0.15, -0.1) is 0 Å². The van der Waals surface area contributed by atoms with Gasteiger partial charge in [-0.1, -0.05) is 12.1 Å². The maximum atomic E-state index is 13.3. The Labute approximate surface area is 196 Å². The number of nitro groups is 1. The second-order valence-electron chi connectivity index (χ2n) is 7.32. The number of nitrogens with zero attached hydrogens (tertiary/aromatic N) is 3. The van der Waals surface area contributed by atoms with Crippen LogP contribution in [0.15, 0.2) is 42.5 Å². The van der Waals surface area contributed by atoms with Crippen molar-refractivity contribution in [3.8, 4) is 5.75 Å². The Morgan fingerprint density at radius 1 is 1.21 bits per heavy atom. The lowest BCUT2D eigenvalue weighted by atomic mass is 10.1. The first-order valence-corrected chi connectivity index (χ1v) is 11.8. The molecule has 0 aromatic heterocycles. The zero-order valence-electron chi connectivity index (χ0n) is 19.0. The van der Waals surface area contributed by atoms with Crippen LogP contribution in [-0.2, 0) is 26.2 Å². The van der Waals surface area contributed by atoms with Gasteiger partial charge >= 0.3 is 0 Å². The summed E-state index contributed by atoms with van der Waals surface area (Å²) in [4.78, 5) is 37.3.